The first-order valence-electron chi connectivity index (χ1n) is 11.1. The maximum Gasteiger partial charge on any atom is 0.268 e. The second kappa shape index (κ2) is 9.98. The quantitative estimate of drug-likeness (QED) is 0.411. The molecule has 0 radical (unpaired) electrons. The van der Waals surface area contributed by atoms with Crippen molar-refractivity contribution in [3.05, 3.63) is 86.3 Å². The van der Waals surface area contributed by atoms with Crippen LogP contribution in [0, 0.1) is 5.92 Å². The number of anilines is 1. The summed E-state index contributed by atoms with van der Waals surface area (Å²) in [6.07, 6.45) is 0. The third-order valence-corrected chi connectivity index (χ3v) is 7.48. The fraction of sp³-hybridized carbons (Fsp3) is 0.192. The van der Waals surface area contributed by atoms with Crippen LogP contribution < -0.4 is 19.8 Å². The van der Waals surface area contributed by atoms with Crippen molar-refractivity contribution in [3.63, 3.8) is 0 Å². The van der Waals surface area contributed by atoms with E-state index in [1.807, 2.05) is 0 Å². The van der Waals surface area contributed by atoms with Gasteiger partial charge in [-0.15, -0.1) is 0 Å². The monoisotopic (exact) mass is 603 g/mol. The van der Waals surface area contributed by atoms with E-state index >= 15 is 0 Å². The summed E-state index contributed by atoms with van der Waals surface area (Å²) in [6.45, 7) is 0. The lowest BCUT2D eigenvalue weighted by molar-refractivity contribution is -0.123. The second-order valence-corrected chi connectivity index (χ2v) is 10.2. The van der Waals surface area contributed by atoms with Crippen LogP contribution >= 0.6 is 39.1 Å². The van der Waals surface area contributed by atoms with Gasteiger partial charge in [-0.3, -0.25) is 19.4 Å². The molecular formula is C26H20BrCl2N3O5. The van der Waals surface area contributed by atoms with E-state index in [9.17, 15) is 14.4 Å². The van der Waals surface area contributed by atoms with Crippen molar-refractivity contribution in [2.24, 2.45) is 5.92 Å². The predicted octanol–water partition coefficient (Wildman–Crippen LogP) is 5.03. The molecule has 5 rings (SSSR count). The summed E-state index contributed by atoms with van der Waals surface area (Å²) >= 11 is 15.8. The molecule has 8 nitrogen and oxygen atoms in total. The number of imide groups is 1. The average molecular weight is 605 g/mol. The number of halogens is 3. The number of hydrogen-bond acceptors (Lipinski definition) is 6. The number of hydrogen-bond donors (Lipinski definition) is 1. The average Bonchev–Trinajstić information content (AvgIpc) is 3.40. The molecule has 190 valence electrons. The number of benzene rings is 3. The SMILES string of the molecule is COc1ccc(OC)c([C@@H]2NN(C(=O)c3cccc(Br)c3)[C@@H]3C(=O)N(c4ccc(Cl)cc4Cl)C(=O)[C@H]32)c1. The molecule has 0 unspecified atom stereocenters. The highest BCUT2D eigenvalue weighted by molar-refractivity contribution is 9.10. The van der Waals surface area contributed by atoms with Gasteiger partial charge >= 0.3 is 0 Å². The molecule has 2 heterocycles. The number of nitrogens with zero attached hydrogens (tertiary/aromatic N) is 2. The summed E-state index contributed by atoms with van der Waals surface area (Å²) in [5, 5.41) is 1.72. The fourth-order valence-corrected chi connectivity index (χ4v) is 5.67. The Morgan fingerprint density at radius 3 is 2.43 bits per heavy atom. The molecule has 2 aliphatic rings. The van der Waals surface area contributed by atoms with Gasteiger partial charge in [0.1, 0.15) is 17.5 Å². The van der Waals surface area contributed by atoms with Crippen LogP contribution in [0.15, 0.2) is 65.1 Å². The lowest BCUT2D eigenvalue weighted by atomic mass is 9.90. The smallest absolute Gasteiger partial charge is 0.268 e. The Morgan fingerprint density at radius 2 is 1.76 bits per heavy atom. The molecule has 3 aromatic rings. The molecule has 37 heavy (non-hydrogen) atoms. The van der Waals surface area contributed by atoms with Gasteiger partial charge < -0.3 is 9.47 Å². The zero-order valence-corrected chi connectivity index (χ0v) is 22.7. The highest BCUT2D eigenvalue weighted by atomic mass is 79.9. The summed E-state index contributed by atoms with van der Waals surface area (Å²) < 4.78 is 11.6. The summed E-state index contributed by atoms with van der Waals surface area (Å²) in [5.41, 5.74) is 4.21. The van der Waals surface area contributed by atoms with Gasteiger partial charge in [0, 0.05) is 20.6 Å². The number of carbonyl (C=O) groups excluding carboxylic acids is 3. The first kappa shape index (κ1) is 25.5. The number of amides is 3. The number of rotatable bonds is 5. The normalized spacial score (nSPS) is 20.8. The Labute approximate surface area is 231 Å². The Bertz CT molecular complexity index is 1440. The highest BCUT2D eigenvalue weighted by Crippen LogP contribution is 2.46. The minimum atomic E-state index is -1.13. The summed E-state index contributed by atoms with van der Waals surface area (Å²) in [7, 11) is 3.03. The van der Waals surface area contributed by atoms with Gasteiger partial charge in [0.15, 0.2) is 0 Å². The van der Waals surface area contributed by atoms with Gasteiger partial charge in [-0.1, -0.05) is 45.2 Å². The van der Waals surface area contributed by atoms with Gasteiger partial charge in [0.25, 0.3) is 11.8 Å². The van der Waals surface area contributed by atoms with Crippen LogP contribution in [0.25, 0.3) is 0 Å². The molecule has 3 atom stereocenters. The topological polar surface area (TPSA) is 88.2 Å². The number of nitrogens with one attached hydrogen (secondary N) is 1. The molecule has 0 bridgehead atoms. The van der Waals surface area contributed by atoms with E-state index in [4.69, 9.17) is 32.7 Å². The van der Waals surface area contributed by atoms with Crippen LogP contribution in [0.1, 0.15) is 22.0 Å². The van der Waals surface area contributed by atoms with Crippen LogP contribution in [0.3, 0.4) is 0 Å². The van der Waals surface area contributed by atoms with E-state index in [1.54, 1.807) is 48.5 Å². The molecule has 11 heteroatoms. The van der Waals surface area contributed by atoms with Gasteiger partial charge in [-0.2, -0.15) is 0 Å². The largest absolute Gasteiger partial charge is 0.497 e. The molecule has 3 amide bonds. The number of methoxy groups -OCH3 is 2. The van der Waals surface area contributed by atoms with Crippen molar-refractivity contribution in [1.82, 2.24) is 10.4 Å². The lowest BCUT2D eigenvalue weighted by Gasteiger charge is -2.26. The minimum absolute atomic E-state index is 0.141. The highest BCUT2D eigenvalue weighted by Gasteiger charge is 2.61. The van der Waals surface area contributed by atoms with Gasteiger partial charge in [-0.25, -0.2) is 10.3 Å². The maximum atomic E-state index is 13.9. The summed E-state index contributed by atoms with van der Waals surface area (Å²) in [4.78, 5) is 42.4. The van der Waals surface area contributed by atoms with E-state index in [2.05, 4.69) is 21.4 Å². The predicted molar refractivity (Wildman–Crippen MR) is 142 cm³/mol. The number of ether oxygens (including phenoxy) is 2. The Balaban J connectivity index is 1.64. The fourth-order valence-electron chi connectivity index (χ4n) is 4.78. The van der Waals surface area contributed by atoms with Crippen molar-refractivity contribution in [1.29, 1.82) is 0 Å². The summed E-state index contributed by atoms with van der Waals surface area (Å²) in [5.74, 6) is -1.52. The van der Waals surface area contributed by atoms with Crippen LogP contribution in [0.5, 0.6) is 11.5 Å². The Morgan fingerprint density at radius 1 is 0.973 bits per heavy atom. The van der Waals surface area contributed by atoms with Crippen molar-refractivity contribution < 1.29 is 23.9 Å². The van der Waals surface area contributed by atoms with Crippen molar-refractivity contribution in [3.8, 4) is 11.5 Å². The van der Waals surface area contributed by atoms with Crippen LogP contribution in [-0.2, 0) is 9.59 Å². The van der Waals surface area contributed by atoms with Gasteiger partial charge in [-0.05, 0) is 54.6 Å². The number of fused-ring (bicyclic) bond motifs is 1. The molecule has 1 N–H and O–H groups in total. The van der Waals surface area contributed by atoms with Crippen LogP contribution in [0.2, 0.25) is 10.0 Å². The number of hydrazine groups is 1. The molecule has 2 aliphatic heterocycles. The maximum absolute atomic E-state index is 13.9. The molecule has 2 fully saturated rings. The molecule has 0 aliphatic carbocycles. The van der Waals surface area contributed by atoms with Crippen molar-refractivity contribution >= 4 is 62.5 Å². The summed E-state index contributed by atoms with van der Waals surface area (Å²) in [6, 6.07) is 14.5. The van der Waals surface area contributed by atoms with Crippen molar-refractivity contribution in [2.45, 2.75) is 12.1 Å². The minimum Gasteiger partial charge on any atom is -0.497 e. The lowest BCUT2D eigenvalue weighted by Crippen LogP contribution is -2.48. The number of carbonyl (C=O) groups is 3. The second-order valence-electron chi connectivity index (χ2n) is 8.48. The zero-order chi connectivity index (χ0) is 26.4. The van der Waals surface area contributed by atoms with Crippen LogP contribution in [0.4, 0.5) is 5.69 Å². The van der Waals surface area contributed by atoms with E-state index < -0.39 is 35.7 Å². The van der Waals surface area contributed by atoms with Crippen molar-refractivity contribution in [2.75, 3.05) is 19.1 Å². The van der Waals surface area contributed by atoms with E-state index in [-0.39, 0.29) is 10.7 Å². The third kappa shape index (κ3) is 4.35. The van der Waals surface area contributed by atoms with Crippen LogP contribution in [-0.4, -0.2) is 43.0 Å². The van der Waals surface area contributed by atoms with E-state index in [0.29, 0.717) is 32.1 Å². The standard InChI is InChI=1S/C26H20BrCl2N3O5/c1-36-16-7-9-20(37-2)17(12-16)22-21-23(32(30-22)24(33)13-4-3-5-14(27)10-13)26(35)31(25(21)34)19-8-6-15(28)11-18(19)29/h3-12,21-23,30H,1-2H3/t21-,22-,23-/m0/s1. The Kier molecular flexibility index (Phi) is 6.89. The molecule has 0 aromatic heterocycles. The zero-order valence-electron chi connectivity index (χ0n) is 19.6. The van der Waals surface area contributed by atoms with Gasteiger partial charge in [0.05, 0.1) is 36.9 Å². The van der Waals surface area contributed by atoms with E-state index in [1.165, 1.54) is 31.4 Å². The van der Waals surface area contributed by atoms with Gasteiger partial charge in [0.2, 0.25) is 5.91 Å². The third-order valence-electron chi connectivity index (χ3n) is 6.45. The molecule has 2 saturated heterocycles. The molecule has 0 spiro atoms. The molecule has 0 saturated carbocycles. The molecular weight excluding hydrogens is 585 g/mol. The first-order valence-corrected chi connectivity index (χ1v) is 12.7. The first-order chi connectivity index (χ1) is 17.7. The molecule has 3 aromatic carbocycles. The Hall–Kier alpha value is -3.11. The van der Waals surface area contributed by atoms with E-state index in [0.717, 1.165) is 4.90 Å².